The summed E-state index contributed by atoms with van der Waals surface area (Å²) in [6, 6.07) is -1.53. The molecule has 0 aromatic heterocycles. The highest BCUT2D eigenvalue weighted by atomic mass is 32.2. The van der Waals surface area contributed by atoms with E-state index in [2.05, 4.69) is 10.6 Å². The summed E-state index contributed by atoms with van der Waals surface area (Å²) in [7, 11) is 0. The monoisotopic (exact) mass is 361 g/mol. The number of thioether (sulfide) groups is 1. The van der Waals surface area contributed by atoms with Crippen LogP contribution in [0.2, 0.25) is 0 Å². The van der Waals surface area contributed by atoms with Gasteiger partial charge in [0.05, 0.1) is 0 Å². The zero-order chi connectivity index (χ0) is 18.9. The Morgan fingerprint density at radius 3 is 2.12 bits per heavy atom. The lowest BCUT2D eigenvalue weighted by Crippen LogP contribution is -2.54. The van der Waals surface area contributed by atoms with Gasteiger partial charge in [-0.1, -0.05) is 13.8 Å². The minimum absolute atomic E-state index is 0.175. The van der Waals surface area contributed by atoms with Crippen LogP contribution in [0.25, 0.3) is 0 Å². The van der Waals surface area contributed by atoms with E-state index in [1.165, 1.54) is 0 Å². The molecule has 0 saturated heterocycles. The summed E-state index contributed by atoms with van der Waals surface area (Å²) < 4.78 is 5.19. The molecule has 0 fully saturated rings. The van der Waals surface area contributed by atoms with Crippen LogP contribution in [0.3, 0.4) is 0 Å². The third-order valence-corrected chi connectivity index (χ3v) is 3.63. The smallest absolute Gasteiger partial charge is 0.408 e. The molecule has 0 aliphatic heterocycles. The zero-order valence-corrected chi connectivity index (χ0v) is 16.3. The fraction of sp³-hybridized carbons (Fsp3) is 0.812. The molecule has 0 radical (unpaired) electrons. The average Bonchev–Trinajstić information content (AvgIpc) is 2.39. The molecule has 8 heteroatoms. The number of amides is 3. The van der Waals surface area contributed by atoms with E-state index in [0.29, 0.717) is 18.6 Å². The number of primary amides is 1. The van der Waals surface area contributed by atoms with Crippen molar-refractivity contribution >= 4 is 29.7 Å². The fourth-order valence-corrected chi connectivity index (χ4v) is 2.42. The van der Waals surface area contributed by atoms with Crippen LogP contribution in [0, 0.1) is 5.92 Å². The number of rotatable bonds is 9. The third-order valence-electron chi connectivity index (χ3n) is 2.99. The number of carbonyl (C=O) groups is 3. The van der Waals surface area contributed by atoms with Gasteiger partial charge in [0.15, 0.2) is 0 Å². The van der Waals surface area contributed by atoms with Crippen LogP contribution >= 0.6 is 11.8 Å². The van der Waals surface area contributed by atoms with E-state index in [0.717, 1.165) is 0 Å². The first-order valence-corrected chi connectivity index (χ1v) is 9.43. The average molecular weight is 362 g/mol. The Morgan fingerprint density at radius 1 is 1.12 bits per heavy atom. The van der Waals surface area contributed by atoms with Gasteiger partial charge in [0.2, 0.25) is 11.8 Å². The van der Waals surface area contributed by atoms with Crippen LogP contribution in [0.1, 0.15) is 47.5 Å². The van der Waals surface area contributed by atoms with Crippen LogP contribution in [0.5, 0.6) is 0 Å². The zero-order valence-electron chi connectivity index (χ0n) is 15.5. The van der Waals surface area contributed by atoms with Crippen molar-refractivity contribution in [3.63, 3.8) is 0 Å². The summed E-state index contributed by atoms with van der Waals surface area (Å²) in [6.07, 6.45) is 2.12. The number of ether oxygens (including phenoxy) is 1. The van der Waals surface area contributed by atoms with Gasteiger partial charge in [-0.3, -0.25) is 9.59 Å². The minimum Gasteiger partial charge on any atom is -0.444 e. The lowest BCUT2D eigenvalue weighted by atomic mass is 10.0. The Bertz CT molecular complexity index is 436. The molecule has 0 rings (SSSR count). The second kappa shape index (κ2) is 10.4. The lowest BCUT2D eigenvalue weighted by Gasteiger charge is -2.25. The molecule has 0 spiro atoms. The lowest BCUT2D eigenvalue weighted by molar-refractivity contribution is -0.128. The van der Waals surface area contributed by atoms with Crippen LogP contribution in [-0.4, -0.2) is 47.6 Å². The van der Waals surface area contributed by atoms with E-state index in [4.69, 9.17) is 10.5 Å². The normalized spacial score (nSPS) is 14.0. The van der Waals surface area contributed by atoms with E-state index in [1.807, 2.05) is 20.1 Å². The summed E-state index contributed by atoms with van der Waals surface area (Å²) in [5.74, 6) is -0.145. The molecular formula is C16H31N3O4S. The standard InChI is InChI=1S/C16H31N3O4S/c1-10(2)9-12(19-15(22)23-16(3,4)5)14(21)18-11(13(17)20)7-8-24-6/h10-12H,7-9H2,1-6H3,(H2,17,20)(H,18,21)(H,19,22)/t11-,12+/m1/s1. The van der Waals surface area contributed by atoms with Gasteiger partial charge in [-0.25, -0.2) is 4.79 Å². The topological polar surface area (TPSA) is 111 Å². The van der Waals surface area contributed by atoms with E-state index in [9.17, 15) is 14.4 Å². The van der Waals surface area contributed by atoms with Gasteiger partial charge in [-0.05, 0) is 51.5 Å². The number of hydrogen-bond acceptors (Lipinski definition) is 5. The van der Waals surface area contributed by atoms with Crippen molar-refractivity contribution in [1.29, 1.82) is 0 Å². The molecule has 0 aromatic rings. The van der Waals surface area contributed by atoms with Crippen molar-refractivity contribution < 1.29 is 19.1 Å². The summed E-state index contributed by atoms with van der Waals surface area (Å²) in [4.78, 5) is 35.9. The van der Waals surface area contributed by atoms with Crippen molar-refractivity contribution in [2.75, 3.05) is 12.0 Å². The number of carbonyl (C=O) groups excluding carboxylic acids is 3. The highest BCUT2D eigenvalue weighted by molar-refractivity contribution is 7.98. The first-order chi connectivity index (χ1) is 11.0. The highest BCUT2D eigenvalue weighted by Crippen LogP contribution is 2.10. The van der Waals surface area contributed by atoms with E-state index in [1.54, 1.807) is 32.5 Å². The summed E-state index contributed by atoms with van der Waals surface area (Å²) >= 11 is 1.56. The van der Waals surface area contributed by atoms with Crippen LogP contribution < -0.4 is 16.4 Å². The molecule has 24 heavy (non-hydrogen) atoms. The fourth-order valence-electron chi connectivity index (χ4n) is 1.95. The SMILES string of the molecule is CSCC[C@@H](NC(=O)[C@H](CC(C)C)NC(=O)OC(C)(C)C)C(N)=O. The van der Waals surface area contributed by atoms with Gasteiger partial charge >= 0.3 is 6.09 Å². The van der Waals surface area contributed by atoms with Gasteiger partial charge in [-0.2, -0.15) is 11.8 Å². The van der Waals surface area contributed by atoms with Crippen molar-refractivity contribution in [3.05, 3.63) is 0 Å². The molecule has 0 aliphatic carbocycles. The van der Waals surface area contributed by atoms with Crippen molar-refractivity contribution in [1.82, 2.24) is 10.6 Å². The quantitative estimate of drug-likeness (QED) is 0.578. The Labute approximate surface area is 148 Å². The first kappa shape index (κ1) is 22.6. The van der Waals surface area contributed by atoms with Crippen molar-refractivity contribution in [2.24, 2.45) is 11.7 Å². The van der Waals surface area contributed by atoms with Crippen LogP contribution in [-0.2, 0) is 14.3 Å². The highest BCUT2D eigenvalue weighted by Gasteiger charge is 2.27. The maximum Gasteiger partial charge on any atom is 0.408 e. The van der Waals surface area contributed by atoms with E-state index in [-0.39, 0.29) is 5.92 Å². The molecule has 2 atom stereocenters. The number of nitrogens with two attached hydrogens (primary N) is 1. The Hall–Kier alpha value is -1.44. The molecular weight excluding hydrogens is 330 g/mol. The van der Waals surface area contributed by atoms with E-state index >= 15 is 0 Å². The molecule has 0 bridgehead atoms. The summed E-state index contributed by atoms with van der Waals surface area (Å²) in [5, 5.41) is 5.20. The Kier molecular flexibility index (Phi) is 9.80. The molecule has 0 aliphatic rings. The number of hydrogen-bond donors (Lipinski definition) is 3. The first-order valence-electron chi connectivity index (χ1n) is 8.04. The molecule has 0 saturated carbocycles. The largest absolute Gasteiger partial charge is 0.444 e. The summed E-state index contributed by atoms with van der Waals surface area (Å²) in [5.41, 5.74) is 4.68. The van der Waals surface area contributed by atoms with E-state index < -0.39 is 35.6 Å². The predicted molar refractivity (Wildman–Crippen MR) is 96.7 cm³/mol. The number of nitrogens with one attached hydrogen (secondary N) is 2. The van der Waals surface area contributed by atoms with Gasteiger partial charge in [0.1, 0.15) is 17.7 Å². The predicted octanol–water partition coefficient (Wildman–Crippen LogP) is 1.65. The van der Waals surface area contributed by atoms with Gasteiger partial charge in [-0.15, -0.1) is 0 Å². The maximum absolute atomic E-state index is 12.5. The van der Waals surface area contributed by atoms with Crippen molar-refractivity contribution in [2.45, 2.75) is 65.1 Å². The number of alkyl carbamates (subject to hydrolysis) is 1. The maximum atomic E-state index is 12.5. The molecule has 0 heterocycles. The van der Waals surface area contributed by atoms with Crippen LogP contribution in [0.4, 0.5) is 4.79 Å². The molecule has 4 N–H and O–H groups in total. The second-order valence-electron chi connectivity index (χ2n) is 7.07. The van der Waals surface area contributed by atoms with Gasteiger partial charge in [0.25, 0.3) is 0 Å². The van der Waals surface area contributed by atoms with Gasteiger partial charge < -0.3 is 21.1 Å². The molecule has 140 valence electrons. The Balaban J connectivity index is 4.92. The Morgan fingerprint density at radius 2 is 1.71 bits per heavy atom. The van der Waals surface area contributed by atoms with Crippen LogP contribution in [0.15, 0.2) is 0 Å². The molecule has 0 aromatic carbocycles. The summed E-state index contributed by atoms with van der Waals surface area (Å²) in [6.45, 7) is 9.12. The molecule has 7 nitrogen and oxygen atoms in total. The third kappa shape index (κ3) is 10.4. The minimum atomic E-state index is -0.782. The molecule has 3 amide bonds. The van der Waals surface area contributed by atoms with Crippen molar-refractivity contribution in [3.8, 4) is 0 Å². The van der Waals surface area contributed by atoms with Gasteiger partial charge in [0, 0.05) is 0 Å². The molecule has 0 unspecified atom stereocenters. The second-order valence-corrected chi connectivity index (χ2v) is 8.06.